The van der Waals surface area contributed by atoms with Crippen LogP contribution in [-0.2, 0) is 14.4 Å². The Hall–Kier alpha value is -2.50. The largest absolute Gasteiger partial charge is 0.295 e. The van der Waals surface area contributed by atoms with Crippen molar-refractivity contribution in [3.8, 4) is 0 Å². The highest BCUT2D eigenvalue weighted by molar-refractivity contribution is 6.07. The van der Waals surface area contributed by atoms with Crippen molar-refractivity contribution < 1.29 is 19.2 Å². The Kier molecular flexibility index (Phi) is 6.63. The van der Waals surface area contributed by atoms with Crippen LogP contribution in [0.1, 0.15) is 48.2 Å². The van der Waals surface area contributed by atoms with Crippen LogP contribution in [0, 0.1) is 13.8 Å². The maximum atomic E-state index is 12.5. The number of nitrogens with one attached hydrogen (secondary N) is 1. The van der Waals surface area contributed by atoms with Gasteiger partial charge in [-0.05, 0) is 37.5 Å². The van der Waals surface area contributed by atoms with Crippen LogP contribution in [-0.4, -0.2) is 35.1 Å². The number of hydrogen-bond donors (Lipinski definition) is 1. The number of carbonyl (C=O) groups is 4. The van der Waals surface area contributed by atoms with E-state index in [4.69, 9.17) is 0 Å². The summed E-state index contributed by atoms with van der Waals surface area (Å²) in [5.41, 5.74) is 2.07. The van der Waals surface area contributed by atoms with Crippen LogP contribution in [0.3, 0.4) is 0 Å². The van der Waals surface area contributed by atoms with E-state index in [1.807, 2.05) is 26.8 Å². The van der Waals surface area contributed by atoms with Gasteiger partial charge in [0.1, 0.15) is 6.04 Å². The summed E-state index contributed by atoms with van der Waals surface area (Å²) < 4.78 is 0. The molecule has 0 saturated carbocycles. The van der Waals surface area contributed by atoms with Crippen molar-refractivity contribution >= 4 is 24.1 Å². The van der Waals surface area contributed by atoms with E-state index in [1.54, 1.807) is 19.1 Å². The van der Waals surface area contributed by atoms with Gasteiger partial charge >= 0.3 is 0 Å². The molecular weight excluding hydrogens is 296 g/mol. The van der Waals surface area contributed by atoms with Crippen molar-refractivity contribution in [3.05, 3.63) is 34.9 Å². The summed E-state index contributed by atoms with van der Waals surface area (Å²) in [6.07, 6.45) is 0.616. The molecule has 1 aromatic carbocycles. The van der Waals surface area contributed by atoms with Crippen molar-refractivity contribution in [3.63, 3.8) is 0 Å². The predicted octanol–water partition coefficient (Wildman–Crippen LogP) is 1.73. The van der Waals surface area contributed by atoms with Gasteiger partial charge in [0.05, 0.1) is 0 Å². The lowest BCUT2D eigenvalue weighted by Crippen LogP contribution is -2.53. The second-order valence-corrected chi connectivity index (χ2v) is 5.03. The summed E-state index contributed by atoms with van der Waals surface area (Å²) in [5.74, 6) is -1.53. The third kappa shape index (κ3) is 4.03. The number of hydrogen-bond acceptors (Lipinski definition) is 4. The summed E-state index contributed by atoms with van der Waals surface area (Å²) in [5, 5.41) is 2.15. The van der Waals surface area contributed by atoms with E-state index in [2.05, 4.69) is 5.32 Å². The first-order chi connectivity index (χ1) is 11.0. The topological polar surface area (TPSA) is 83.6 Å². The molecule has 0 bridgehead atoms. The van der Waals surface area contributed by atoms with Crippen molar-refractivity contribution in [2.75, 3.05) is 0 Å². The van der Waals surface area contributed by atoms with Crippen LogP contribution < -0.4 is 5.32 Å². The zero-order chi connectivity index (χ0) is 17.6. The second-order valence-electron chi connectivity index (χ2n) is 5.03. The molecule has 0 aliphatic carbocycles. The first kappa shape index (κ1) is 18.5. The molecule has 2 rings (SSSR count). The number of imide groups is 2. The van der Waals surface area contributed by atoms with Gasteiger partial charge in [-0.3, -0.25) is 29.4 Å². The zero-order valence-corrected chi connectivity index (χ0v) is 13.9. The molecule has 124 valence electrons. The van der Waals surface area contributed by atoms with Crippen molar-refractivity contribution in [1.29, 1.82) is 0 Å². The van der Waals surface area contributed by atoms with Crippen molar-refractivity contribution in [1.82, 2.24) is 10.2 Å². The molecule has 1 unspecified atom stereocenters. The highest BCUT2D eigenvalue weighted by atomic mass is 16.2. The van der Waals surface area contributed by atoms with Gasteiger partial charge in [0.15, 0.2) is 0 Å². The first-order valence-electron chi connectivity index (χ1n) is 7.63. The monoisotopic (exact) mass is 318 g/mol. The summed E-state index contributed by atoms with van der Waals surface area (Å²) in [7, 11) is 0. The number of piperidine rings is 1. The van der Waals surface area contributed by atoms with E-state index in [9.17, 15) is 19.2 Å². The van der Waals surface area contributed by atoms with Gasteiger partial charge in [-0.2, -0.15) is 0 Å². The molecule has 0 aromatic heterocycles. The molecule has 23 heavy (non-hydrogen) atoms. The molecule has 0 spiro atoms. The Morgan fingerprint density at radius 2 is 1.91 bits per heavy atom. The maximum absolute atomic E-state index is 12.5. The van der Waals surface area contributed by atoms with E-state index in [-0.39, 0.29) is 18.7 Å². The van der Waals surface area contributed by atoms with E-state index >= 15 is 0 Å². The fraction of sp³-hybridized carbons (Fsp3) is 0.412. The quantitative estimate of drug-likeness (QED) is 0.679. The number of aryl methyl sites for hydroxylation is 1. The fourth-order valence-electron chi connectivity index (χ4n) is 2.33. The molecule has 1 fully saturated rings. The van der Waals surface area contributed by atoms with Gasteiger partial charge in [0.25, 0.3) is 5.91 Å². The molecule has 1 atom stereocenters. The lowest BCUT2D eigenvalue weighted by atomic mass is 10.00. The minimum atomic E-state index is -0.937. The van der Waals surface area contributed by atoms with E-state index in [1.165, 1.54) is 0 Å². The summed E-state index contributed by atoms with van der Waals surface area (Å²) in [6, 6.07) is 4.27. The number of carbonyl (C=O) groups excluding carboxylic acids is 4. The van der Waals surface area contributed by atoms with E-state index < -0.39 is 17.9 Å². The fourth-order valence-corrected chi connectivity index (χ4v) is 2.33. The first-order valence-corrected chi connectivity index (χ1v) is 7.63. The van der Waals surface area contributed by atoms with Crippen LogP contribution in [0.15, 0.2) is 18.2 Å². The van der Waals surface area contributed by atoms with Gasteiger partial charge in [-0.1, -0.05) is 26.0 Å². The van der Waals surface area contributed by atoms with E-state index in [0.29, 0.717) is 12.0 Å². The highest BCUT2D eigenvalue weighted by Gasteiger charge is 2.35. The number of rotatable bonds is 3. The molecule has 6 nitrogen and oxygen atoms in total. The Morgan fingerprint density at radius 1 is 1.26 bits per heavy atom. The molecule has 1 saturated heterocycles. The highest BCUT2D eigenvalue weighted by Crippen LogP contribution is 2.18. The van der Waals surface area contributed by atoms with Crippen molar-refractivity contribution in [2.45, 2.75) is 46.6 Å². The summed E-state index contributed by atoms with van der Waals surface area (Å²) in [4.78, 5) is 47.6. The third-order valence-electron chi connectivity index (χ3n) is 3.73. The molecule has 4 amide bonds. The SMILES string of the molecule is CC.Cc1cccc(C(=O)N(C=O)C2CCC(=O)NC2=O)c1C. The van der Waals surface area contributed by atoms with Crippen LogP contribution >= 0.6 is 0 Å². The second kappa shape index (κ2) is 8.22. The zero-order valence-electron chi connectivity index (χ0n) is 13.9. The Bertz CT molecular complexity index is 625. The van der Waals surface area contributed by atoms with Gasteiger partial charge < -0.3 is 0 Å². The molecule has 1 aliphatic heterocycles. The van der Waals surface area contributed by atoms with Crippen molar-refractivity contribution in [2.24, 2.45) is 0 Å². The molecular formula is C17H22N2O4. The lowest BCUT2D eigenvalue weighted by molar-refractivity contribution is -0.139. The normalized spacial score (nSPS) is 16.8. The smallest absolute Gasteiger partial charge is 0.261 e. The Labute approximate surface area is 135 Å². The predicted molar refractivity (Wildman–Crippen MR) is 85.7 cm³/mol. The van der Waals surface area contributed by atoms with Crippen LogP contribution in [0.2, 0.25) is 0 Å². The minimum absolute atomic E-state index is 0.112. The number of nitrogens with zero attached hydrogens (tertiary/aromatic N) is 1. The molecule has 1 aliphatic rings. The molecule has 1 N–H and O–H groups in total. The number of benzene rings is 1. The van der Waals surface area contributed by atoms with Gasteiger partial charge in [0.2, 0.25) is 18.2 Å². The molecule has 6 heteroatoms. The van der Waals surface area contributed by atoms with Crippen LogP contribution in [0.25, 0.3) is 0 Å². The van der Waals surface area contributed by atoms with Crippen LogP contribution in [0.4, 0.5) is 0 Å². The van der Waals surface area contributed by atoms with Gasteiger partial charge in [-0.25, -0.2) is 0 Å². The minimum Gasteiger partial charge on any atom is -0.295 e. The number of amides is 4. The molecule has 1 heterocycles. The van der Waals surface area contributed by atoms with Crippen LogP contribution in [0.5, 0.6) is 0 Å². The average molecular weight is 318 g/mol. The maximum Gasteiger partial charge on any atom is 0.261 e. The molecule has 1 aromatic rings. The summed E-state index contributed by atoms with van der Waals surface area (Å²) in [6.45, 7) is 7.65. The molecule has 0 radical (unpaired) electrons. The van der Waals surface area contributed by atoms with Gasteiger partial charge in [0, 0.05) is 12.0 Å². The Balaban J connectivity index is 0.00000127. The van der Waals surface area contributed by atoms with Gasteiger partial charge in [-0.15, -0.1) is 0 Å². The standard InChI is InChI=1S/C15H16N2O4.C2H6/c1-9-4-3-5-11(10(9)2)15(21)17(8-18)12-6-7-13(19)16-14(12)20;1-2/h3-5,8,12H,6-7H2,1-2H3,(H,16,19,20);1-2H3. The Morgan fingerprint density at radius 3 is 2.48 bits per heavy atom. The third-order valence-corrected chi connectivity index (χ3v) is 3.73. The lowest BCUT2D eigenvalue weighted by Gasteiger charge is -2.28. The average Bonchev–Trinajstić information content (AvgIpc) is 2.54. The van der Waals surface area contributed by atoms with E-state index in [0.717, 1.165) is 16.0 Å². The summed E-state index contributed by atoms with van der Waals surface area (Å²) >= 11 is 0.